The molecule has 0 N–H and O–H groups in total. The van der Waals surface area contributed by atoms with E-state index in [1.54, 1.807) is 4.90 Å². The highest BCUT2D eigenvalue weighted by molar-refractivity contribution is 9.10. The van der Waals surface area contributed by atoms with Gasteiger partial charge in [-0.3, -0.25) is 9.69 Å². The molecule has 1 fully saturated rings. The lowest BCUT2D eigenvalue weighted by Crippen LogP contribution is -2.27. The standard InChI is InChI=1S/C21H16Br2N2OS2/c1-2-25-20(26)19(28-21(25)27)9-14-12-24(11-13-3-5-15(22)6-4-13)18-8-7-16(23)10-17(14)18/h3-10,12H,2,11H2,1H3/b19-9-. The van der Waals surface area contributed by atoms with Crippen LogP contribution in [0.1, 0.15) is 18.1 Å². The lowest BCUT2D eigenvalue weighted by molar-refractivity contribution is -0.121. The van der Waals surface area contributed by atoms with E-state index in [0.29, 0.717) is 15.8 Å². The number of rotatable bonds is 4. The first-order chi connectivity index (χ1) is 13.5. The predicted octanol–water partition coefficient (Wildman–Crippen LogP) is 6.44. The number of carbonyl (C=O) groups is 1. The Morgan fingerprint density at radius 3 is 2.50 bits per heavy atom. The van der Waals surface area contributed by atoms with Crippen molar-refractivity contribution in [1.29, 1.82) is 0 Å². The van der Waals surface area contributed by atoms with Crippen molar-refractivity contribution >= 4 is 83.0 Å². The van der Waals surface area contributed by atoms with Gasteiger partial charge in [0, 0.05) is 44.7 Å². The Morgan fingerprint density at radius 1 is 1.11 bits per heavy atom. The highest BCUT2D eigenvalue weighted by atomic mass is 79.9. The lowest BCUT2D eigenvalue weighted by atomic mass is 10.1. The van der Waals surface area contributed by atoms with Crippen LogP contribution in [0.15, 0.2) is 62.5 Å². The Kier molecular flexibility index (Phi) is 5.78. The van der Waals surface area contributed by atoms with Crippen LogP contribution in [0, 0.1) is 0 Å². The molecule has 1 saturated heterocycles. The molecule has 1 aliphatic heterocycles. The molecule has 0 radical (unpaired) electrons. The van der Waals surface area contributed by atoms with Crippen LogP contribution in [0.3, 0.4) is 0 Å². The first-order valence-electron chi connectivity index (χ1n) is 8.74. The number of hydrogen-bond acceptors (Lipinski definition) is 3. The SMILES string of the molecule is CCN1C(=O)/C(=C/c2cn(Cc3ccc(Br)cc3)c3ccc(Br)cc23)SC1=S. The third-order valence-electron chi connectivity index (χ3n) is 4.62. The Labute approximate surface area is 190 Å². The molecule has 2 aromatic carbocycles. The molecule has 4 rings (SSSR count). The van der Waals surface area contributed by atoms with E-state index in [1.807, 2.05) is 19.1 Å². The fourth-order valence-corrected chi connectivity index (χ4v) is 5.24. The van der Waals surface area contributed by atoms with Gasteiger partial charge in [-0.15, -0.1) is 0 Å². The molecular weight excluding hydrogens is 520 g/mol. The maximum absolute atomic E-state index is 12.6. The largest absolute Gasteiger partial charge is 0.342 e. The van der Waals surface area contributed by atoms with Gasteiger partial charge in [-0.25, -0.2) is 0 Å². The van der Waals surface area contributed by atoms with Crippen molar-refractivity contribution in [3.63, 3.8) is 0 Å². The van der Waals surface area contributed by atoms with Crippen LogP contribution >= 0.6 is 55.8 Å². The van der Waals surface area contributed by atoms with Gasteiger partial charge in [0.2, 0.25) is 0 Å². The van der Waals surface area contributed by atoms with Gasteiger partial charge in [-0.1, -0.05) is 68.0 Å². The van der Waals surface area contributed by atoms with Gasteiger partial charge in [-0.2, -0.15) is 0 Å². The van der Waals surface area contributed by atoms with Crippen LogP contribution < -0.4 is 0 Å². The molecule has 7 heteroatoms. The van der Waals surface area contributed by atoms with Gasteiger partial charge in [0.15, 0.2) is 0 Å². The molecule has 1 aliphatic rings. The van der Waals surface area contributed by atoms with E-state index in [2.05, 4.69) is 79.0 Å². The molecule has 2 heterocycles. The zero-order valence-corrected chi connectivity index (χ0v) is 19.8. The van der Waals surface area contributed by atoms with E-state index in [0.717, 1.165) is 32.0 Å². The quantitative estimate of drug-likeness (QED) is 0.284. The van der Waals surface area contributed by atoms with Crippen molar-refractivity contribution in [2.75, 3.05) is 6.54 Å². The van der Waals surface area contributed by atoms with Crippen LogP contribution in [0.25, 0.3) is 17.0 Å². The third kappa shape index (κ3) is 3.85. The number of hydrogen-bond donors (Lipinski definition) is 0. The van der Waals surface area contributed by atoms with E-state index in [4.69, 9.17) is 12.2 Å². The van der Waals surface area contributed by atoms with Crippen molar-refractivity contribution in [2.45, 2.75) is 13.5 Å². The normalized spacial score (nSPS) is 16.0. The minimum Gasteiger partial charge on any atom is -0.342 e. The number of likely N-dealkylation sites (N-methyl/N-ethyl adjacent to an activating group) is 1. The zero-order valence-electron chi connectivity index (χ0n) is 15.0. The Bertz CT molecular complexity index is 1120. The van der Waals surface area contributed by atoms with Crippen molar-refractivity contribution in [3.8, 4) is 0 Å². The second kappa shape index (κ2) is 8.14. The summed E-state index contributed by atoms with van der Waals surface area (Å²) in [4.78, 5) is 14.9. The van der Waals surface area contributed by atoms with Gasteiger partial charge < -0.3 is 4.57 Å². The predicted molar refractivity (Wildman–Crippen MR) is 128 cm³/mol. The van der Waals surface area contributed by atoms with Crippen LogP contribution in [-0.4, -0.2) is 26.2 Å². The van der Waals surface area contributed by atoms with Crippen LogP contribution in [0.2, 0.25) is 0 Å². The summed E-state index contributed by atoms with van der Waals surface area (Å²) in [5.41, 5.74) is 3.36. The molecule has 1 aromatic heterocycles. The first-order valence-corrected chi connectivity index (χ1v) is 11.6. The number of carbonyl (C=O) groups excluding carboxylic acids is 1. The summed E-state index contributed by atoms with van der Waals surface area (Å²) in [6.07, 6.45) is 4.07. The Hall–Kier alpha value is -1.41. The molecule has 0 aliphatic carbocycles. The minimum absolute atomic E-state index is 0.0127. The molecule has 3 nitrogen and oxygen atoms in total. The molecule has 0 unspecified atom stereocenters. The van der Waals surface area contributed by atoms with Gasteiger partial charge >= 0.3 is 0 Å². The highest BCUT2D eigenvalue weighted by Gasteiger charge is 2.30. The molecular formula is C21H16Br2N2OS2. The monoisotopic (exact) mass is 534 g/mol. The molecule has 142 valence electrons. The summed E-state index contributed by atoms with van der Waals surface area (Å²) >= 11 is 13.8. The van der Waals surface area contributed by atoms with Crippen molar-refractivity contribution in [2.24, 2.45) is 0 Å². The molecule has 0 saturated carbocycles. The minimum atomic E-state index is -0.0127. The van der Waals surface area contributed by atoms with Crippen LogP contribution in [-0.2, 0) is 11.3 Å². The van der Waals surface area contributed by atoms with Gasteiger partial charge in [0.1, 0.15) is 4.32 Å². The third-order valence-corrected chi connectivity index (χ3v) is 7.02. The average molecular weight is 536 g/mol. The molecule has 1 amide bonds. The van der Waals surface area contributed by atoms with Crippen molar-refractivity contribution in [1.82, 2.24) is 9.47 Å². The topological polar surface area (TPSA) is 25.2 Å². The van der Waals surface area contributed by atoms with Gasteiger partial charge in [0.05, 0.1) is 4.91 Å². The van der Waals surface area contributed by atoms with Crippen LogP contribution in [0.4, 0.5) is 0 Å². The molecule has 28 heavy (non-hydrogen) atoms. The zero-order chi connectivity index (χ0) is 19.8. The van der Waals surface area contributed by atoms with Crippen molar-refractivity contribution < 1.29 is 4.79 Å². The number of thiocarbonyl (C=S) groups is 1. The summed E-state index contributed by atoms with van der Waals surface area (Å²) in [6.45, 7) is 3.29. The maximum Gasteiger partial charge on any atom is 0.266 e. The van der Waals surface area contributed by atoms with E-state index in [-0.39, 0.29) is 5.91 Å². The molecule has 0 bridgehead atoms. The Balaban J connectivity index is 1.78. The number of nitrogens with zero attached hydrogens (tertiary/aromatic N) is 2. The number of benzene rings is 2. The maximum atomic E-state index is 12.6. The summed E-state index contributed by atoms with van der Waals surface area (Å²) in [5, 5.41) is 1.10. The molecule has 0 spiro atoms. The smallest absolute Gasteiger partial charge is 0.266 e. The fourth-order valence-electron chi connectivity index (χ4n) is 3.24. The van der Waals surface area contributed by atoms with E-state index in [9.17, 15) is 4.79 Å². The summed E-state index contributed by atoms with van der Waals surface area (Å²) in [5.74, 6) is -0.0127. The van der Waals surface area contributed by atoms with E-state index >= 15 is 0 Å². The first kappa shape index (κ1) is 19.9. The van der Waals surface area contributed by atoms with Gasteiger partial charge in [-0.05, 0) is 48.9 Å². The summed E-state index contributed by atoms with van der Waals surface area (Å²) < 4.78 is 4.92. The Morgan fingerprint density at radius 2 is 1.82 bits per heavy atom. The number of aromatic nitrogens is 1. The van der Waals surface area contributed by atoms with Crippen LogP contribution in [0.5, 0.6) is 0 Å². The molecule has 0 atom stereocenters. The van der Waals surface area contributed by atoms with E-state index in [1.165, 1.54) is 17.3 Å². The van der Waals surface area contributed by atoms with E-state index < -0.39 is 0 Å². The van der Waals surface area contributed by atoms with Gasteiger partial charge in [0.25, 0.3) is 5.91 Å². The summed E-state index contributed by atoms with van der Waals surface area (Å²) in [6, 6.07) is 14.6. The second-order valence-electron chi connectivity index (χ2n) is 6.43. The number of halogens is 2. The second-order valence-corrected chi connectivity index (χ2v) is 9.93. The fraction of sp³-hybridized carbons (Fsp3) is 0.143. The lowest BCUT2D eigenvalue weighted by Gasteiger charge is -2.09. The molecule has 3 aromatic rings. The number of fused-ring (bicyclic) bond motifs is 1. The van der Waals surface area contributed by atoms with Crippen molar-refractivity contribution in [3.05, 3.63) is 73.6 Å². The summed E-state index contributed by atoms with van der Waals surface area (Å²) in [7, 11) is 0. The average Bonchev–Trinajstić information content (AvgIpc) is 3.13. The highest BCUT2D eigenvalue weighted by Crippen LogP contribution is 2.35. The number of thioether (sulfide) groups is 1. The number of amides is 1.